The number of anilines is 1. The van der Waals surface area contributed by atoms with E-state index in [1.54, 1.807) is 42.5 Å². The zero-order valence-electron chi connectivity index (χ0n) is 12.6. The maximum Gasteiger partial charge on any atom is 0.229 e. The number of hydrogen-bond donors (Lipinski definition) is 2. The first kappa shape index (κ1) is 16.0. The van der Waals surface area contributed by atoms with E-state index in [1.165, 1.54) is 0 Å². The molecule has 0 radical (unpaired) electrons. The molecule has 1 aliphatic heterocycles. The van der Waals surface area contributed by atoms with Crippen molar-refractivity contribution in [3.63, 3.8) is 0 Å². The van der Waals surface area contributed by atoms with Crippen molar-refractivity contribution in [2.75, 3.05) is 5.32 Å². The molecule has 2 amide bonds. The third-order valence-electron chi connectivity index (χ3n) is 3.91. The maximum absolute atomic E-state index is 12.7. The van der Waals surface area contributed by atoms with Crippen LogP contribution in [-0.2, 0) is 9.59 Å². The third kappa shape index (κ3) is 3.24. The smallest absolute Gasteiger partial charge is 0.229 e. The maximum atomic E-state index is 12.7. The quantitative estimate of drug-likeness (QED) is 0.901. The summed E-state index contributed by atoms with van der Waals surface area (Å²) in [5.41, 5.74) is 1.98. The molecule has 120 valence electrons. The fourth-order valence-corrected chi connectivity index (χ4v) is 2.96. The number of nitrogens with zero attached hydrogens (tertiary/aromatic N) is 1. The van der Waals surface area contributed by atoms with Crippen LogP contribution < -0.4 is 10.6 Å². The van der Waals surface area contributed by atoms with Crippen molar-refractivity contribution >= 4 is 29.1 Å². The van der Waals surface area contributed by atoms with Crippen LogP contribution in [0.2, 0.25) is 5.02 Å². The molecule has 2 atom stereocenters. The van der Waals surface area contributed by atoms with Crippen molar-refractivity contribution in [3.05, 3.63) is 64.7 Å². The van der Waals surface area contributed by atoms with Crippen molar-refractivity contribution in [1.82, 2.24) is 5.32 Å². The average Bonchev–Trinajstić information content (AvgIpc) is 2.58. The summed E-state index contributed by atoms with van der Waals surface area (Å²) in [5.74, 6) is -1.20. The van der Waals surface area contributed by atoms with Gasteiger partial charge in [-0.05, 0) is 29.3 Å². The first-order chi connectivity index (χ1) is 11.6. The van der Waals surface area contributed by atoms with Crippen LogP contribution in [0.15, 0.2) is 48.5 Å². The first-order valence-electron chi connectivity index (χ1n) is 7.42. The molecule has 0 saturated heterocycles. The molecule has 6 heteroatoms. The lowest BCUT2D eigenvalue weighted by atomic mass is 9.89. The highest BCUT2D eigenvalue weighted by Gasteiger charge is 2.31. The second-order valence-corrected chi connectivity index (χ2v) is 5.95. The molecule has 0 saturated carbocycles. The lowest BCUT2D eigenvalue weighted by Crippen LogP contribution is -2.36. The van der Waals surface area contributed by atoms with E-state index in [0.717, 1.165) is 5.56 Å². The Morgan fingerprint density at radius 3 is 2.83 bits per heavy atom. The van der Waals surface area contributed by atoms with E-state index in [1.807, 2.05) is 6.07 Å². The highest BCUT2D eigenvalue weighted by Crippen LogP contribution is 2.32. The largest absolute Gasteiger partial charge is 0.336 e. The third-order valence-corrected chi connectivity index (χ3v) is 4.15. The predicted molar refractivity (Wildman–Crippen MR) is 90.4 cm³/mol. The van der Waals surface area contributed by atoms with Crippen LogP contribution in [0.1, 0.15) is 29.5 Å². The lowest BCUT2D eigenvalue weighted by molar-refractivity contribution is -0.126. The highest BCUT2D eigenvalue weighted by atomic mass is 35.5. The number of carbonyl (C=O) groups excluding carboxylic acids is 2. The minimum atomic E-state index is -0.826. The molecule has 0 aromatic heterocycles. The van der Waals surface area contributed by atoms with Crippen molar-refractivity contribution in [1.29, 1.82) is 5.26 Å². The van der Waals surface area contributed by atoms with Crippen molar-refractivity contribution < 1.29 is 9.59 Å². The van der Waals surface area contributed by atoms with Crippen LogP contribution in [-0.4, -0.2) is 11.8 Å². The van der Waals surface area contributed by atoms with Gasteiger partial charge in [0.1, 0.15) is 6.04 Å². The van der Waals surface area contributed by atoms with E-state index in [0.29, 0.717) is 16.3 Å². The van der Waals surface area contributed by atoms with Gasteiger partial charge in [-0.2, -0.15) is 5.26 Å². The molecule has 1 heterocycles. The molecular formula is C18H14ClN3O2. The number of amides is 2. The van der Waals surface area contributed by atoms with E-state index in [4.69, 9.17) is 11.6 Å². The minimum Gasteiger partial charge on any atom is -0.336 e. The van der Waals surface area contributed by atoms with Crippen molar-refractivity contribution in [2.45, 2.75) is 18.4 Å². The molecule has 5 nitrogen and oxygen atoms in total. The molecule has 0 fully saturated rings. The van der Waals surface area contributed by atoms with Crippen LogP contribution in [0.25, 0.3) is 0 Å². The van der Waals surface area contributed by atoms with Crippen LogP contribution in [0, 0.1) is 11.3 Å². The number of benzene rings is 2. The van der Waals surface area contributed by atoms with E-state index < -0.39 is 12.0 Å². The van der Waals surface area contributed by atoms with E-state index in [9.17, 15) is 14.9 Å². The Morgan fingerprint density at radius 2 is 2.08 bits per heavy atom. The van der Waals surface area contributed by atoms with Gasteiger partial charge in [0.05, 0.1) is 12.0 Å². The zero-order chi connectivity index (χ0) is 17.1. The number of carbonyl (C=O) groups is 2. The van der Waals surface area contributed by atoms with Crippen molar-refractivity contribution in [2.24, 2.45) is 0 Å². The molecule has 0 aliphatic carbocycles. The number of fused-ring (bicyclic) bond motifs is 1. The van der Waals surface area contributed by atoms with E-state index in [-0.39, 0.29) is 18.2 Å². The van der Waals surface area contributed by atoms with Gasteiger partial charge in [0.2, 0.25) is 11.8 Å². The minimum absolute atomic E-state index is 0.0521. The molecule has 0 spiro atoms. The van der Waals surface area contributed by atoms with Crippen molar-refractivity contribution in [3.8, 4) is 6.07 Å². The molecule has 0 unspecified atom stereocenters. The van der Waals surface area contributed by atoms with Gasteiger partial charge in [0, 0.05) is 17.1 Å². The summed E-state index contributed by atoms with van der Waals surface area (Å²) in [6.07, 6.45) is 0.0521. The highest BCUT2D eigenvalue weighted by molar-refractivity contribution is 6.30. The second-order valence-electron chi connectivity index (χ2n) is 5.52. The summed E-state index contributed by atoms with van der Waals surface area (Å²) in [4.78, 5) is 24.5. The Bertz CT molecular complexity index is 844. The summed E-state index contributed by atoms with van der Waals surface area (Å²) in [6, 6.07) is 15.2. The Morgan fingerprint density at radius 1 is 1.29 bits per heavy atom. The van der Waals surface area contributed by atoms with Crippen LogP contribution >= 0.6 is 11.6 Å². The Labute approximate surface area is 144 Å². The van der Waals surface area contributed by atoms with Gasteiger partial charge in [-0.3, -0.25) is 9.59 Å². The fraction of sp³-hybridized carbons (Fsp3) is 0.167. The number of para-hydroxylation sites is 1. The van der Waals surface area contributed by atoms with E-state index >= 15 is 0 Å². The summed E-state index contributed by atoms with van der Waals surface area (Å²) in [5, 5.41) is 15.3. The Balaban J connectivity index is 1.84. The molecule has 2 aromatic carbocycles. The normalized spacial score (nSPS) is 17.2. The average molecular weight is 340 g/mol. The van der Waals surface area contributed by atoms with Gasteiger partial charge in [0.15, 0.2) is 0 Å². The number of rotatable bonds is 3. The Kier molecular flexibility index (Phi) is 4.50. The molecule has 3 rings (SSSR count). The first-order valence-corrected chi connectivity index (χ1v) is 7.80. The molecule has 2 aromatic rings. The van der Waals surface area contributed by atoms with Crippen LogP contribution in [0.5, 0.6) is 0 Å². The van der Waals surface area contributed by atoms with Crippen LogP contribution in [0.3, 0.4) is 0 Å². The second kappa shape index (κ2) is 6.73. The molecular weight excluding hydrogens is 326 g/mol. The van der Waals surface area contributed by atoms with Gasteiger partial charge in [-0.15, -0.1) is 0 Å². The van der Waals surface area contributed by atoms with Crippen LogP contribution in [0.4, 0.5) is 5.69 Å². The van der Waals surface area contributed by atoms with Gasteiger partial charge < -0.3 is 10.6 Å². The lowest BCUT2D eigenvalue weighted by Gasteiger charge is -2.25. The number of nitriles is 1. The summed E-state index contributed by atoms with van der Waals surface area (Å²) >= 11 is 5.94. The van der Waals surface area contributed by atoms with Gasteiger partial charge in [-0.1, -0.05) is 41.9 Å². The number of nitrogens with one attached hydrogen (secondary N) is 2. The number of hydrogen-bond acceptors (Lipinski definition) is 3. The topological polar surface area (TPSA) is 82.0 Å². The Hall–Kier alpha value is -2.84. The van der Waals surface area contributed by atoms with Gasteiger partial charge in [-0.25, -0.2) is 0 Å². The molecule has 24 heavy (non-hydrogen) atoms. The summed E-state index contributed by atoms with van der Waals surface area (Å²) in [7, 11) is 0. The molecule has 0 bridgehead atoms. The van der Waals surface area contributed by atoms with Gasteiger partial charge >= 0.3 is 0 Å². The monoisotopic (exact) mass is 339 g/mol. The number of halogens is 1. The SMILES string of the molecule is N#C[C@@H](NC(=O)[C@H]1CC(=O)Nc2ccccc21)c1cccc(Cl)c1. The molecule has 1 aliphatic rings. The fourth-order valence-electron chi connectivity index (χ4n) is 2.76. The zero-order valence-corrected chi connectivity index (χ0v) is 13.4. The molecule has 2 N–H and O–H groups in total. The van der Waals surface area contributed by atoms with Gasteiger partial charge in [0.25, 0.3) is 0 Å². The van der Waals surface area contributed by atoms with E-state index in [2.05, 4.69) is 16.7 Å². The predicted octanol–water partition coefficient (Wildman–Crippen LogP) is 3.15. The summed E-state index contributed by atoms with van der Waals surface area (Å²) < 4.78 is 0. The summed E-state index contributed by atoms with van der Waals surface area (Å²) in [6.45, 7) is 0. The standard InChI is InChI=1S/C18H14ClN3O2/c19-12-5-3-4-11(8-12)16(10-20)22-18(24)14-9-17(23)21-15-7-2-1-6-13(14)15/h1-8,14,16H,9H2,(H,21,23)(H,22,24)/t14-,16+/m0/s1.